The summed E-state index contributed by atoms with van der Waals surface area (Å²) in [6.45, 7) is 3.07. The molecule has 1 aliphatic carbocycles. The number of unbranched alkanes of at least 4 members (excludes halogenated alkanes) is 13. The largest absolute Gasteiger partial charge is 0.472 e. The number of rotatable bonds is 32. The van der Waals surface area contributed by atoms with Crippen LogP contribution in [0, 0.1) is 0 Å². The summed E-state index contributed by atoms with van der Waals surface area (Å²) in [5.41, 5.74) is 0. The van der Waals surface area contributed by atoms with E-state index < -0.39 is 75.7 Å². The van der Waals surface area contributed by atoms with E-state index in [1.54, 1.807) is 0 Å². The maximum Gasteiger partial charge on any atom is 0.472 e. The number of ether oxygens (including phenoxy) is 2. The maximum atomic E-state index is 12.8. The second-order valence-corrected chi connectivity index (χ2v) is 15.6. The van der Waals surface area contributed by atoms with Crippen LogP contribution < -0.4 is 0 Å². The molecule has 8 atom stereocenters. The van der Waals surface area contributed by atoms with Crippen molar-refractivity contribution in [2.75, 3.05) is 13.2 Å². The van der Waals surface area contributed by atoms with Crippen molar-refractivity contribution in [2.45, 2.75) is 179 Å². The van der Waals surface area contributed by atoms with E-state index in [1.807, 2.05) is 36.5 Å². The number of phosphoric ester groups is 1. The van der Waals surface area contributed by atoms with Gasteiger partial charge in [-0.25, -0.2) is 4.57 Å². The first-order chi connectivity index (χ1) is 26.9. The number of hydrogen-bond acceptors (Lipinski definition) is 12. The van der Waals surface area contributed by atoms with E-state index in [1.165, 1.54) is 19.3 Å². The van der Waals surface area contributed by atoms with Crippen LogP contribution in [0.3, 0.4) is 0 Å². The number of hydrogen-bond donors (Lipinski definition) is 6. The first-order valence-corrected chi connectivity index (χ1v) is 22.1. The number of aliphatic hydroxyl groups excluding tert-OH is 5. The summed E-state index contributed by atoms with van der Waals surface area (Å²) in [5.74, 6) is -1.14. The van der Waals surface area contributed by atoms with Crippen molar-refractivity contribution >= 4 is 19.8 Å². The van der Waals surface area contributed by atoms with E-state index in [0.29, 0.717) is 12.8 Å². The van der Waals surface area contributed by atoms with Crippen LogP contribution in [-0.4, -0.2) is 98.3 Å². The molecule has 14 heteroatoms. The van der Waals surface area contributed by atoms with E-state index in [0.717, 1.165) is 77.0 Å². The number of carbonyl (C=O) groups excluding carboxylic acids is 2. The average Bonchev–Trinajstić information content (AvgIpc) is 3.18. The van der Waals surface area contributed by atoms with Crippen LogP contribution in [0.1, 0.15) is 136 Å². The number of esters is 2. The smallest absolute Gasteiger partial charge is 0.462 e. The molecule has 0 saturated heterocycles. The monoisotopic (exact) mass is 814 g/mol. The van der Waals surface area contributed by atoms with E-state index in [9.17, 15) is 44.6 Å². The molecule has 0 amide bonds. The van der Waals surface area contributed by atoms with Gasteiger partial charge in [-0.05, 0) is 57.8 Å². The van der Waals surface area contributed by atoms with Crippen LogP contribution in [0.5, 0.6) is 0 Å². The Morgan fingerprint density at radius 1 is 0.571 bits per heavy atom. The fourth-order valence-corrected chi connectivity index (χ4v) is 6.79. The molecule has 0 bridgehead atoms. The molecule has 322 valence electrons. The number of aliphatic hydroxyl groups is 5. The first-order valence-electron chi connectivity index (χ1n) is 20.6. The third kappa shape index (κ3) is 25.0. The van der Waals surface area contributed by atoms with Crippen LogP contribution in [0.4, 0.5) is 0 Å². The first kappa shape index (κ1) is 51.6. The topological polar surface area (TPSA) is 210 Å². The fraction of sp³-hybridized carbons (Fsp3) is 0.714. The van der Waals surface area contributed by atoms with Crippen molar-refractivity contribution in [1.82, 2.24) is 0 Å². The Kier molecular flexibility index (Phi) is 29.9. The fourth-order valence-electron chi connectivity index (χ4n) is 5.82. The van der Waals surface area contributed by atoms with E-state index in [2.05, 4.69) is 38.2 Å². The number of carbonyl (C=O) groups is 2. The molecule has 6 N–H and O–H groups in total. The van der Waals surface area contributed by atoms with E-state index in [-0.39, 0.29) is 12.8 Å². The zero-order chi connectivity index (χ0) is 41.4. The van der Waals surface area contributed by atoms with Crippen LogP contribution in [0.2, 0.25) is 0 Å². The van der Waals surface area contributed by atoms with Crippen LogP contribution in [0.25, 0.3) is 0 Å². The normalized spacial score (nSPS) is 23.5. The second-order valence-electron chi connectivity index (χ2n) is 14.2. The molecule has 1 aliphatic rings. The van der Waals surface area contributed by atoms with Gasteiger partial charge < -0.3 is 39.9 Å². The van der Waals surface area contributed by atoms with Crippen LogP contribution >= 0.6 is 7.82 Å². The molecule has 0 radical (unpaired) electrons. The van der Waals surface area contributed by atoms with Gasteiger partial charge >= 0.3 is 19.8 Å². The minimum absolute atomic E-state index is 0.0661. The van der Waals surface area contributed by atoms with Gasteiger partial charge in [-0.3, -0.25) is 18.6 Å². The zero-order valence-electron chi connectivity index (χ0n) is 33.7. The highest BCUT2D eigenvalue weighted by atomic mass is 31.2. The lowest BCUT2D eigenvalue weighted by Gasteiger charge is -2.41. The van der Waals surface area contributed by atoms with Crippen molar-refractivity contribution < 1.29 is 63.1 Å². The molecule has 0 aromatic heterocycles. The Morgan fingerprint density at radius 3 is 1.61 bits per heavy atom. The predicted molar refractivity (Wildman–Crippen MR) is 216 cm³/mol. The Bertz CT molecular complexity index is 1220. The van der Waals surface area contributed by atoms with Crippen LogP contribution in [-0.2, 0) is 32.7 Å². The Morgan fingerprint density at radius 2 is 1.04 bits per heavy atom. The van der Waals surface area contributed by atoms with Gasteiger partial charge in [-0.2, -0.15) is 0 Å². The molecular weight excluding hydrogens is 743 g/mol. The maximum absolute atomic E-state index is 12.8. The highest BCUT2D eigenvalue weighted by Crippen LogP contribution is 2.47. The van der Waals surface area contributed by atoms with E-state index in [4.69, 9.17) is 18.5 Å². The molecule has 6 unspecified atom stereocenters. The Balaban J connectivity index is 2.55. The van der Waals surface area contributed by atoms with Gasteiger partial charge in [0.15, 0.2) is 6.10 Å². The third-order valence-corrected chi connectivity index (χ3v) is 10.2. The molecule has 0 heterocycles. The molecule has 56 heavy (non-hydrogen) atoms. The minimum Gasteiger partial charge on any atom is -0.462 e. The predicted octanol–water partition coefficient (Wildman–Crippen LogP) is 6.99. The third-order valence-electron chi connectivity index (χ3n) is 9.19. The standard InChI is InChI=1S/C42H71O13P/c1-3-5-7-9-11-13-15-17-18-19-21-23-25-27-29-31-36(44)54-34(32-52-35(43)30-28-26-24-22-20-16-14-12-10-8-6-4-2)33-53-56(50,51)55-42-40(48)38(46)37(45)39(47)41(42)49/h5,7,9,11-15,17-18,34,37-42,45-49H,3-4,6,8,10,16,19-33H2,1-2H3,(H,50,51)/b7-5+,11-9+,14-12+,15-13+,18-17+/t34-,37?,38+,39?,40?,41?,42?/m1/s1. The number of allylic oxidation sites excluding steroid dienone is 10. The summed E-state index contributed by atoms with van der Waals surface area (Å²) in [4.78, 5) is 35.5. The zero-order valence-corrected chi connectivity index (χ0v) is 34.5. The quantitative estimate of drug-likeness (QED) is 0.0133. The second kappa shape index (κ2) is 32.5. The molecule has 0 aromatic carbocycles. The molecule has 0 spiro atoms. The molecule has 13 nitrogen and oxygen atoms in total. The van der Waals surface area contributed by atoms with Gasteiger partial charge in [0.1, 0.15) is 43.2 Å². The summed E-state index contributed by atoms with van der Waals surface area (Å²) in [5, 5.41) is 50.0. The summed E-state index contributed by atoms with van der Waals surface area (Å²) < 4.78 is 33.4. The molecular formula is C42H71O13P. The summed E-state index contributed by atoms with van der Waals surface area (Å²) in [6, 6.07) is 0. The molecule has 0 aromatic rings. The summed E-state index contributed by atoms with van der Waals surface area (Å²) >= 11 is 0. The van der Waals surface area contributed by atoms with Gasteiger partial charge in [0, 0.05) is 12.8 Å². The minimum atomic E-state index is -5.12. The lowest BCUT2D eigenvalue weighted by atomic mass is 9.85. The average molecular weight is 815 g/mol. The summed E-state index contributed by atoms with van der Waals surface area (Å²) in [7, 11) is -5.12. The summed E-state index contributed by atoms with van der Waals surface area (Å²) in [6.07, 6.45) is 24.3. The van der Waals surface area contributed by atoms with Gasteiger partial charge in [-0.15, -0.1) is 0 Å². The van der Waals surface area contributed by atoms with Crippen molar-refractivity contribution in [3.05, 3.63) is 60.8 Å². The Labute approximate surface area is 334 Å². The van der Waals surface area contributed by atoms with Crippen molar-refractivity contribution in [3.63, 3.8) is 0 Å². The lowest BCUT2D eigenvalue weighted by Crippen LogP contribution is -2.64. The van der Waals surface area contributed by atoms with Gasteiger partial charge in [0.25, 0.3) is 0 Å². The number of phosphoric acid groups is 1. The lowest BCUT2D eigenvalue weighted by molar-refractivity contribution is -0.220. The van der Waals surface area contributed by atoms with E-state index >= 15 is 0 Å². The van der Waals surface area contributed by atoms with Crippen molar-refractivity contribution in [1.29, 1.82) is 0 Å². The Hall–Kier alpha value is -2.45. The van der Waals surface area contributed by atoms with Gasteiger partial charge in [0.05, 0.1) is 6.61 Å². The van der Waals surface area contributed by atoms with Gasteiger partial charge in [0.2, 0.25) is 0 Å². The molecule has 0 aliphatic heterocycles. The highest BCUT2D eigenvalue weighted by molar-refractivity contribution is 7.47. The SMILES string of the molecule is CC/C=C/C=C/C=C/C=C/CCCCCCCC(=O)O[C@H](COC(=O)CCCCCCC/C=C/CCCCC)COP(=O)(O)OC1C(O)C(O)C(O)[C@H](O)C1O. The molecule has 1 fully saturated rings. The molecule has 1 rings (SSSR count). The van der Waals surface area contributed by atoms with Gasteiger partial charge in [-0.1, -0.05) is 126 Å². The highest BCUT2D eigenvalue weighted by Gasteiger charge is 2.51. The van der Waals surface area contributed by atoms with Crippen molar-refractivity contribution in [3.8, 4) is 0 Å². The molecule has 1 saturated carbocycles. The van der Waals surface area contributed by atoms with Crippen LogP contribution in [0.15, 0.2) is 60.8 Å². The van der Waals surface area contributed by atoms with Crippen molar-refractivity contribution in [2.24, 2.45) is 0 Å².